The van der Waals surface area contributed by atoms with Gasteiger partial charge in [-0.25, -0.2) is 8.42 Å². The van der Waals surface area contributed by atoms with Gasteiger partial charge in [-0.3, -0.25) is 0 Å². The molecule has 5 heteroatoms. The summed E-state index contributed by atoms with van der Waals surface area (Å²) < 4.78 is 23.3. The lowest BCUT2D eigenvalue weighted by Gasteiger charge is -2.20. The van der Waals surface area contributed by atoms with Crippen LogP contribution in [0.2, 0.25) is 0 Å². The fraction of sp³-hybridized carbons (Fsp3) is 0.250. The zero-order chi connectivity index (χ0) is 15.4. The third kappa shape index (κ3) is 2.28. The van der Waals surface area contributed by atoms with Gasteiger partial charge in [0, 0.05) is 5.56 Å². The van der Waals surface area contributed by atoms with E-state index in [2.05, 4.69) is 0 Å². The molecule has 0 aliphatic carbocycles. The predicted molar refractivity (Wildman–Crippen MR) is 87.4 cm³/mol. The second kappa shape index (κ2) is 4.73. The van der Waals surface area contributed by atoms with Crippen LogP contribution in [0.4, 0.5) is 0 Å². The lowest BCUT2D eigenvalue weighted by Crippen LogP contribution is -2.24. The van der Waals surface area contributed by atoms with Gasteiger partial charge in [0.1, 0.15) is 0 Å². The number of halogens is 2. The lowest BCUT2D eigenvalue weighted by molar-refractivity contribution is 0.589. The smallest absolute Gasteiger partial charge is 0.225 e. The minimum atomic E-state index is -3.73. The summed E-state index contributed by atoms with van der Waals surface area (Å²) in [6.07, 6.45) is 0. The molecule has 110 valence electrons. The highest BCUT2D eigenvalue weighted by atomic mass is 35.5. The summed E-state index contributed by atoms with van der Waals surface area (Å²) in [6.45, 7) is 3.82. The first-order valence-electron chi connectivity index (χ1n) is 6.53. The van der Waals surface area contributed by atoms with E-state index in [0.717, 1.165) is 27.8 Å². The Kier molecular flexibility index (Phi) is 3.36. The molecule has 0 fully saturated rings. The number of aryl methyl sites for hydroxylation is 2. The van der Waals surface area contributed by atoms with Crippen molar-refractivity contribution in [1.82, 2.24) is 0 Å². The van der Waals surface area contributed by atoms with Gasteiger partial charge in [0.2, 0.25) is 3.67 Å². The molecule has 0 saturated carbocycles. The van der Waals surface area contributed by atoms with Crippen molar-refractivity contribution in [3.05, 3.63) is 58.7 Å². The van der Waals surface area contributed by atoms with Crippen LogP contribution < -0.4 is 0 Å². The van der Waals surface area contributed by atoms with Crippen LogP contribution >= 0.6 is 23.2 Å². The van der Waals surface area contributed by atoms with E-state index in [0.29, 0.717) is 5.56 Å². The average molecular weight is 341 g/mol. The second-order valence-corrected chi connectivity index (χ2v) is 9.39. The molecule has 2 aromatic rings. The van der Waals surface area contributed by atoms with Crippen LogP contribution in [-0.2, 0) is 19.3 Å². The van der Waals surface area contributed by atoms with E-state index in [1.165, 1.54) is 0 Å². The first-order valence-corrected chi connectivity index (χ1v) is 8.94. The van der Waals surface area contributed by atoms with Crippen molar-refractivity contribution in [3.63, 3.8) is 0 Å². The van der Waals surface area contributed by atoms with Crippen molar-refractivity contribution in [2.45, 2.75) is 23.3 Å². The molecule has 0 unspecified atom stereocenters. The maximum atomic E-state index is 12.6. The van der Waals surface area contributed by atoms with E-state index in [4.69, 9.17) is 23.2 Å². The molecule has 21 heavy (non-hydrogen) atoms. The van der Waals surface area contributed by atoms with E-state index in [9.17, 15) is 8.42 Å². The summed E-state index contributed by atoms with van der Waals surface area (Å²) >= 11 is 12.6. The van der Waals surface area contributed by atoms with Gasteiger partial charge in [-0.15, -0.1) is 0 Å². The zero-order valence-corrected chi connectivity index (χ0v) is 14.0. The zero-order valence-electron chi connectivity index (χ0n) is 11.7. The number of hydrogen-bond donors (Lipinski definition) is 0. The van der Waals surface area contributed by atoms with Gasteiger partial charge < -0.3 is 0 Å². The predicted octanol–water partition coefficient (Wildman–Crippen LogP) is 4.49. The molecule has 0 amide bonds. The molecule has 2 aromatic carbocycles. The summed E-state index contributed by atoms with van der Waals surface area (Å²) in [7, 11) is -3.73. The summed E-state index contributed by atoms with van der Waals surface area (Å²) in [5, 5.41) is 0. The Balaban J connectivity index is 2.45. The van der Waals surface area contributed by atoms with Crippen LogP contribution in [0.25, 0.3) is 11.1 Å². The van der Waals surface area contributed by atoms with Crippen LogP contribution in [0.15, 0.2) is 36.4 Å². The molecular weight excluding hydrogens is 327 g/mol. The van der Waals surface area contributed by atoms with Gasteiger partial charge >= 0.3 is 0 Å². The Labute approximate surface area is 134 Å². The Morgan fingerprint density at radius 2 is 1.52 bits per heavy atom. The standard InChI is InChI=1S/C16H14Cl2O2S/c1-10-3-5-13-12(7-10)9-21(19,20)16(17,18)15-8-11(2)4-6-14(13)15/h3-8H,9H2,1-2H3. The van der Waals surface area contributed by atoms with Crippen molar-refractivity contribution in [2.24, 2.45) is 0 Å². The first kappa shape index (κ1) is 14.9. The normalized spacial score (nSPS) is 18.5. The highest BCUT2D eigenvalue weighted by Crippen LogP contribution is 2.49. The summed E-state index contributed by atoms with van der Waals surface area (Å²) in [5.74, 6) is -0.162. The van der Waals surface area contributed by atoms with Crippen molar-refractivity contribution >= 4 is 33.0 Å². The molecular formula is C16H14Cl2O2S. The fourth-order valence-electron chi connectivity index (χ4n) is 2.70. The van der Waals surface area contributed by atoms with E-state index in [1.54, 1.807) is 6.07 Å². The molecule has 0 saturated heterocycles. The third-order valence-electron chi connectivity index (χ3n) is 3.78. The van der Waals surface area contributed by atoms with E-state index < -0.39 is 13.5 Å². The second-order valence-electron chi connectivity index (χ2n) is 5.49. The summed E-state index contributed by atoms with van der Waals surface area (Å²) in [6, 6.07) is 11.4. The molecule has 0 aromatic heterocycles. The van der Waals surface area contributed by atoms with Crippen LogP contribution in [-0.4, -0.2) is 8.42 Å². The van der Waals surface area contributed by atoms with Gasteiger partial charge in [-0.1, -0.05) is 70.7 Å². The van der Waals surface area contributed by atoms with Gasteiger partial charge in [0.15, 0.2) is 9.84 Å². The maximum absolute atomic E-state index is 12.6. The highest BCUT2D eigenvalue weighted by molar-refractivity contribution is 7.94. The molecule has 2 nitrogen and oxygen atoms in total. The SMILES string of the molecule is Cc1ccc2c(c1)CS(=O)(=O)C(Cl)(Cl)c1cc(C)ccc1-2. The Morgan fingerprint density at radius 3 is 2.19 bits per heavy atom. The number of benzene rings is 2. The van der Waals surface area contributed by atoms with Crippen LogP contribution in [0, 0.1) is 13.8 Å². The summed E-state index contributed by atoms with van der Waals surface area (Å²) in [4.78, 5) is 0. The molecule has 1 aliphatic rings. The Morgan fingerprint density at radius 1 is 0.952 bits per heavy atom. The van der Waals surface area contributed by atoms with Gasteiger partial charge in [-0.2, -0.15) is 0 Å². The molecule has 1 aliphatic heterocycles. The van der Waals surface area contributed by atoms with Gasteiger partial charge in [-0.05, 0) is 30.5 Å². The van der Waals surface area contributed by atoms with E-state index in [-0.39, 0.29) is 5.75 Å². The summed E-state index contributed by atoms with van der Waals surface area (Å²) in [5.41, 5.74) is 4.76. The first-order chi connectivity index (χ1) is 9.72. The maximum Gasteiger partial charge on any atom is 0.243 e. The molecule has 0 bridgehead atoms. The number of alkyl halides is 2. The fourth-order valence-corrected chi connectivity index (χ4v) is 4.67. The largest absolute Gasteiger partial charge is 0.243 e. The molecule has 0 radical (unpaired) electrons. The van der Waals surface area contributed by atoms with E-state index >= 15 is 0 Å². The van der Waals surface area contributed by atoms with Gasteiger partial charge in [0.05, 0.1) is 5.75 Å². The number of hydrogen-bond acceptors (Lipinski definition) is 2. The number of sulfone groups is 1. The number of fused-ring (bicyclic) bond motifs is 3. The third-order valence-corrected chi connectivity index (χ3v) is 7.29. The Hall–Kier alpha value is -1.03. The molecule has 1 heterocycles. The van der Waals surface area contributed by atoms with Crippen LogP contribution in [0.5, 0.6) is 0 Å². The van der Waals surface area contributed by atoms with Crippen molar-refractivity contribution in [3.8, 4) is 11.1 Å². The van der Waals surface area contributed by atoms with Crippen molar-refractivity contribution < 1.29 is 8.42 Å². The topological polar surface area (TPSA) is 34.1 Å². The minimum absolute atomic E-state index is 0.162. The molecule has 3 rings (SSSR count). The highest BCUT2D eigenvalue weighted by Gasteiger charge is 2.45. The molecule has 0 atom stereocenters. The van der Waals surface area contributed by atoms with Gasteiger partial charge in [0.25, 0.3) is 0 Å². The average Bonchev–Trinajstić information content (AvgIpc) is 2.43. The minimum Gasteiger partial charge on any atom is -0.225 e. The lowest BCUT2D eigenvalue weighted by atomic mass is 9.94. The van der Waals surface area contributed by atoms with Crippen molar-refractivity contribution in [1.29, 1.82) is 0 Å². The molecule has 0 spiro atoms. The number of rotatable bonds is 0. The quantitative estimate of drug-likeness (QED) is 0.662. The van der Waals surface area contributed by atoms with E-state index in [1.807, 2.05) is 44.2 Å². The van der Waals surface area contributed by atoms with Crippen molar-refractivity contribution in [2.75, 3.05) is 0 Å². The van der Waals surface area contributed by atoms with Crippen LogP contribution in [0.1, 0.15) is 22.3 Å². The Bertz CT molecular complexity index is 839. The van der Waals surface area contributed by atoms with Crippen LogP contribution in [0.3, 0.4) is 0 Å². The monoisotopic (exact) mass is 340 g/mol. The molecule has 0 N–H and O–H groups in total.